The average Bonchev–Trinajstić information content (AvgIpc) is 2.27. The van der Waals surface area contributed by atoms with E-state index in [1.807, 2.05) is 0 Å². The molecule has 0 aliphatic carbocycles. The van der Waals surface area contributed by atoms with Crippen LogP contribution in [0.3, 0.4) is 0 Å². The molecule has 0 unspecified atom stereocenters. The van der Waals surface area contributed by atoms with Crippen molar-refractivity contribution in [2.45, 2.75) is 19.4 Å². The molecule has 0 spiro atoms. The number of nitro groups is 1. The minimum atomic E-state index is -1.40. The van der Waals surface area contributed by atoms with E-state index in [0.29, 0.717) is 0 Å². The molecule has 0 atom stereocenters. The first-order chi connectivity index (χ1) is 8.28. The first-order valence-corrected chi connectivity index (χ1v) is 4.96. The second-order valence-corrected chi connectivity index (χ2v) is 3.97. The van der Waals surface area contributed by atoms with Crippen LogP contribution in [0.2, 0.25) is 0 Å². The van der Waals surface area contributed by atoms with E-state index in [-0.39, 0.29) is 5.75 Å². The van der Waals surface area contributed by atoms with Crippen molar-refractivity contribution in [1.29, 1.82) is 0 Å². The molecule has 0 aromatic heterocycles. The van der Waals surface area contributed by atoms with Crippen molar-refractivity contribution in [3.8, 4) is 18.1 Å². The first kappa shape index (κ1) is 13.5. The number of carboxylic acid groups (broad SMARTS) is 1. The van der Waals surface area contributed by atoms with Gasteiger partial charge in [0.1, 0.15) is 5.56 Å². The molecular weight excluding hydrogens is 238 g/mol. The number of nitrogens with zero attached hydrogens (tertiary/aromatic N) is 1. The maximum Gasteiger partial charge on any atom is 0.342 e. The number of carboxylic acids is 1. The van der Waals surface area contributed by atoms with E-state index in [4.69, 9.17) is 16.3 Å². The lowest BCUT2D eigenvalue weighted by Crippen LogP contribution is -2.26. The molecule has 6 nitrogen and oxygen atoms in total. The molecule has 1 aromatic rings. The molecular formula is C12H11NO5. The van der Waals surface area contributed by atoms with Crippen LogP contribution in [0, 0.1) is 22.5 Å². The van der Waals surface area contributed by atoms with Crippen LogP contribution < -0.4 is 4.74 Å². The van der Waals surface area contributed by atoms with Crippen LogP contribution in [0.5, 0.6) is 5.75 Å². The van der Waals surface area contributed by atoms with Gasteiger partial charge in [-0.25, -0.2) is 4.79 Å². The topological polar surface area (TPSA) is 89.7 Å². The molecule has 0 aliphatic heterocycles. The minimum absolute atomic E-state index is 0.164. The quantitative estimate of drug-likeness (QED) is 0.501. The fourth-order valence-electron chi connectivity index (χ4n) is 1.27. The Bertz CT molecular complexity index is 542. The Hall–Kier alpha value is -2.55. The van der Waals surface area contributed by atoms with E-state index in [9.17, 15) is 14.9 Å². The third-order valence-corrected chi connectivity index (χ3v) is 2.12. The SMILES string of the molecule is C#CC(C)(C)Oc1cccc(C(=O)O)c1[N+](=O)[O-]. The van der Waals surface area contributed by atoms with Gasteiger partial charge in [0.25, 0.3) is 0 Å². The lowest BCUT2D eigenvalue weighted by Gasteiger charge is -2.20. The summed E-state index contributed by atoms with van der Waals surface area (Å²) in [5.74, 6) is 0.751. The van der Waals surface area contributed by atoms with Gasteiger partial charge in [-0.2, -0.15) is 0 Å². The standard InChI is InChI=1S/C12H11NO5/c1-4-12(2,3)18-9-7-5-6-8(11(14)15)10(9)13(16)17/h1,5-7H,2-3H3,(H,14,15). The summed E-state index contributed by atoms with van der Waals surface area (Å²) >= 11 is 0. The summed E-state index contributed by atoms with van der Waals surface area (Å²) in [4.78, 5) is 21.0. The first-order valence-electron chi connectivity index (χ1n) is 4.96. The summed E-state index contributed by atoms with van der Waals surface area (Å²) in [6, 6.07) is 3.80. The molecule has 6 heteroatoms. The second kappa shape index (κ2) is 4.75. The molecule has 18 heavy (non-hydrogen) atoms. The monoisotopic (exact) mass is 249 g/mol. The number of carbonyl (C=O) groups is 1. The Morgan fingerprint density at radius 1 is 1.56 bits per heavy atom. The summed E-state index contributed by atoms with van der Waals surface area (Å²) in [5, 5.41) is 19.8. The highest BCUT2D eigenvalue weighted by Gasteiger charge is 2.28. The number of ether oxygens (including phenoxy) is 1. The van der Waals surface area contributed by atoms with Gasteiger partial charge in [0.2, 0.25) is 0 Å². The van der Waals surface area contributed by atoms with Gasteiger partial charge >= 0.3 is 11.7 Å². The zero-order valence-corrected chi connectivity index (χ0v) is 9.84. The van der Waals surface area contributed by atoms with E-state index in [1.165, 1.54) is 12.1 Å². The summed E-state index contributed by atoms with van der Waals surface area (Å²) in [6.07, 6.45) is 5.22. The highest BCUT2D eigenvalue weighted by molar-refractivity contribution is 5.93. The number of nitro benzene ring substituents is 1. The predicted molar refractivity (Wildman–Crippen MR) is 63.6 cm³/mol. The van der Waals surface area contributed by atoms with Crippen molar-refractivity contribution in [1.82, 2.24) is 0 Å². The van der Waals surface area contributed by atoms with Crippen LogP contribution in [0.4, 0.5) is 5.69 Å². The van der Waals surface area contributed by atoms with Crippen molar-refractivity contribution < 1.29 is 19.6 Å². The molecule has 0 radical (unpaired) electrons. The molecule has 0 saturated heterocycles. The molecule has 0 bridgehead atoms. The number of hydrogen-bond donors (Lipinski definition) is 1. The third-order valence-electron chi connectivity index (χ3n) is 2.12. The second-order valence-electron chi connectivity index (χ2n) is 3.97. The zero-order valence-electron chi connectivity index (χ0n) is 9.84. The van der Waals surface area contributed by atoms with Gasteiger partial charge in [-0.05, 0) is 26.0 Å². The highest BCUT2D eigenvalue weighted by Crippen LogP contribution is 2.33. The summed E-state index contributed by atoms with van der Waals surface area (Å²) in [5.41, 5.74) is -2.11. The number of rotatable bonds is 4. The van der Waals surface area contributed by atoms with Crippen LogP contribution in [0.15, 0.2) is 18.2 Å². The van der Waals surface area contributed by atoms with Crippen LogP contribution in [-0.4, -0.2) is 21.6 Å². The Kier molecular flexibility index (Phi) is 3.57. The van der Waals surface area contributed by atoms with Crippen LogP contribution in [0.1, 0.15) is 24.2 Å². The number of hydrogen-bond acceptors (Lipinski definition) is 4. The Morgan fingerprint density at radius 2 is 2.17 bits per heavy atom. The third kappa shape index (κ3) is 2.77. The van der Waals surface area contributed by atoms with E-state index >= 15 is 0 Å². The average molecular weight is 249 g/mol. The highest BCUT2D eigenvalue weighted by atomic mass is 16.6. The van der Waals surface area contributed by atoms with Gasteiger partial charge in [0.05, 0.1) is 4.92 Å². The molecule has 0 saturated carbocycles. The van der Waals surface area contributed by atoms with Crippen molar-refractivity contribution >= 4 is 11.7 Å². The van der Waals surface area contributed by atoms with Crippen LogP contribution in [0.25, 0.3) is 0 Å². The van der Waals surface area contributed by atoms with Gasteiger partial charge in [-0.15, -0.1) is 6.42 Å². The molecule has 1 rings (SSSR count). The van der Waals surface area contributed by atoms with Gasteiger partial charge < -0.3 is 9.84 Å². The largest absolute Gasteiger partial charge is 0.477 e. The number of terminal acetylenes is 1. The van der Waals surface area contributed by atoms with Gasteiger partial charge in [0, 0.05) is 0 Å². The predicted octanol–water partition coefficient (Wildman–Crippen LogP) is 2.08. The van der Waals surface area contributed by atoms with E-state index in [2.05, 4.69) is 5.92 Å². The van der Waals surface area contributed by atoms with Crippen molar-refractivity contribution in [3.63, 3.8) is 0 Å². The van der Waals surface area contributed by atoms with E-state index in [1.54, 1.807) is 13.8 Å². The molecule has 1 aromatic carbocycles. The van der Waals surface area contributed by atoms with Crippen molar-refractivity contribution in [3.05, 3.63) is 33.9 Å². The Labute approximate surface area is 103 Å². The molecule has 0 heterocycles. The van der Waals surface area contributed by atoms with Crippen LogP contribution >= 0.6 is 0 Å². The van der Waals surface area contributed by atoms with Crippen molar-refractivity contribution in [2.75, 3.05) is 0 Å². The van der Waals surface area contributed by atoms with E-state index in [0.717, 1.165) is 6.07 Å². The lowest BCUT2D eigenvalue weighted by molar-refractivity contribution is -0.386. The molecule has 0 fully saturated rings. The minimum Gasteiger partial charge on any atom is -0.477 e. The summed E-state index contributed by atoms with van der Waals surface area (Å²) in [7, 11) is 0. The maximum atomic E-state index is 10.9. The van der Waals surface area contributed by atoms with Crippen LogP contribution in [-0.2, 0) is 0 Å². The number of para-hydroxylation sites is 1. The van der Waals surface area contributed by atoms with Gasteiger partial charge in [0.15, 0.2) is 11.4 Å². The summed E-state index contributed by atoms with van der Waals surface area (Å²) in [6.45, 7) is 3.09. The molecule has 1 N–H and O–H groups in total. The zero-order chi connectivity index (χ0) is 13.9. The number of benzene rings is 1. The van der Waals surface area contributed by atoms with Gasteiger partial charge in [-0.3, -0.25) is 10.1 Å². The lowest BCUT2D eigenvalue weighted by atomic mass is 10.1. The normalized spacial score (nSPS) is 10.5. The number of aromatic carboxylic acids is 1. The van der Waals surface area contributed by atoms with Crippen molar-refractivity contribution in [2.24, 2.45) is 0 Å². The van der Waals surface area contributed by atoms with E-state index < -0.39 is 27.7 Å². The maximum absolute atomic E-state index is 10.9. The fraction of sp³-hybridized carbons (Fsp3) is 0.250. The Morgan fingerprint density at radius 3 is 2.61 bits per heavy atom. The van der Waals surface area contributed by atoms with Gasteiger partial charge in [-0.1, -0.05) is 12.0 Å². The smallest absolute Gasteiger partial charge is 0.342 e. The molecule has 0 amide bonds. The fourth-order valence-corrected chi connectivity index (χ4v) is 1.27. The molecule has 0 aliphatic rings. The molecule has 94 valence electrons. The Balaban J connectivity index is 3.38. The summed E-state index contributed by atoms with van der Waals surface area (Å²) < 4.78 is 5.29.